The molecule has 0 aliphatic heterocycles. The number of rotatable bonds is 8. The highest BCUT2D eigenvalue weighted by atomic mass is 32.2. The van der Waals surface area contributed by atoms with Gasteiger partial charge in [0.1, 0.15) is 9.84 Å². The predicted molar refractivity (Wildman–Crippen MR) is 82.1 cm³/mol. The first-order chi connectivity index (χ1) is 8.54. The zero-order valence-corrected chi connectivity index (χ0v) is 14.2. The van der Waals surface area contributed by atoms with Crippen LogP contribution < -0.4 is 5.32 Å². The second-order valence-corrected chi connectivity index (χ2v) is 9.51. The molecule has 0 spiro atoms. The molecule has 1 aliphatic rings. The van der Waals surface area contributed by atoms with Crippen LogP contribution in [0.5, 0.6) is 0 Å². The SMILES string of the molecule is CCCNC(CCCS(C)(=O)=O)C1C(C)(C)C1(C)C. The summed E-state index contributed by atoms with van der Waals surface area (Å²) in [6, 6.07) is 0.451. The molecule has 0 saturated heterocycles. The van der Waals surface area contributed by atoms with Gasteiger partial charge in [-0.25, -0.2) is 8.42 Å². The number of hydrogen-bond acceptors (Lipinski definition) is 3. The van der Waals surface area contributed by atoms with Crippen molar-refractivity contribution in [1.29, 1.82) is 0 Å². The molecule has 0 heterocycles. The van der Waals surface area contributed by atoms with E-state index in [1.54, 1.807) is 0 Å². The van der Waals surface area contributed by atoms with Crippen LogP contribution >= 0.6 is 0 Å². The maximum Gasteiger partial charge on any atom is 0.147 e. The van der Waals surface area contributed by atoms with Gasteiger partial charge in [0.05, 0.1) is 0 Å². The van der Waals surface area contributed by atoms with Crippen LogP contribution in [0.1, 0.15) is 53.9 Å². The van der Waals surface area contributed by atoms with Crippen molar-refractivity contribution in [2.24, 2.45) is 16.7 Å². The quantitative estimate of drug-likeness (QED) is 0.747. The van der Waals surface area contributed by atoms with Crippen molar-refractivity contribution in [2.75, 3.05) is 18.6 Å². The van der Waals surface area contributed by atoms with Gasteiger partial charge in [0, 0.05) is 18.1 Å². The highest BCUT2D eigenvalue weighted by Gasteiger charge is 2.66. The Labute approximate surface area is 119 Å². The van der Waals surface area contributed by atoms with Gasteiger partial charge in [-0.05, 0) is 42.6 Å². The van der Waals surface area contributed by atoms with Gasteiger partial charge in [-0.1, -0.05) is 34.6 Å². The molecule has 0 aromatic heterocycles. The van der Waals surface area contributed by atoms with Crippen LogP contribution in [-0.2, 0) is 9.84 Å². The second-order valence-electron chi connectivity index (χ2n) is 7.25. The van der Waals surface area contributed by atoms with Gasteiger partial charge < -0.3 is 5.32 Å². The van der Waals surface area contributed by atoms with E-state index in [1.165, 1.54) is 6.26 Å². The van der Waals surface area contributed by atoms with Crippen molar-refractivity contribution in [1.82, 2.24) is 5.32 Å². The summed E-state index contributed by atoms with van der Waals surface area (Å²) in [5.74, 6) is 0.955. The maximum atomic E-state index is 11.2. The molecule has 1 rings (SSSR count). The number of sulfone groups is 1. The third kappa shape index (κ3) is 3.94. The van der Waals surface area contributed by atoms with Crippen LogP contribution in [-0.4, -0.2) is 33.0 Å². The molecule has 3 nitrogen and oxygen atoms in total. The van der Waals surface area contributed by atoms with Crippen LogP contribution in [0.3, 0.4) is 0 Å². The van der Waals surface area contributed by atoms with Crippen molar-refractivity contribution in [3.63, 3.8) is 0 Å². The topological polar surface area (TPSA) is 46.2 Å². The molecule has 1 atom stereocenters. The molecule has 0 radical (unpaired) electrons. The molecule has 0 aromatic rings. The first-order valence-corrected chi connectivity index (χ1v) is 9.51. The number of nitrogens with one attached hydrogen (secondary N) is 1. The lowest BCUT2D eigenvalue weighted by molar-refractivity contribution is 0.374. The predicted octanol–water partition coefficient (Wildman–Crippen LogP) is 2.86. The van der Waals surface area contributed by atoms with Crippen molar-refractivity contribution in [3.05, 3.63) is 0 Å². The smallest absolute Gasteiger partial charge is 0.147 e. The summed E-state index contributed by atoms with van der Waals surface area (Å²) in [5, 5.41) is 3.63. The largest absolute Gasteiger partial charge is 0.314 e. The summed E-state index contributed by atoms with van der Waals surface area (Å²) >= 11 is 0. The van der Waals surface area contributed by atoms with Gasteiger partial charge in [-0.2, -0.15) is 0 Å². The fraction of sp³-hybridized carbons (Fsp3) is 1.00. The molecule has 114 valence electrons. The van der Waals surface area contributed by atoms with E-state index in [9.17, 15) is 8.42 Å². The summed E-state index contributed by atoms with van der Waals surface area (Å²) in [5.41, 5.74) is 0.701. The molecule has 0 amide bonds. The van der Waals surface area contributed by atoms with E-state index in [-0.39, 0.29) is 0 Å². The highest BCUT2D eigenvalue weighted by molar-refractivity contribution is 7.90. The highest BCUT2D eigenvalue weighted by Crippen LogP contribution is 2.70. The third-order valence-corrected chi connectivity index (χ3v) is 6.25. The molecule has 0 aromatic carbocycles. The molecule has 0 bridgehead atoms. The Hall–Kier alpha value is -0.0900. The normalized spacial score (nSPS) is 23.3. The zero-order chi connectivity index (χ0) is 14.9. The first kappa shape index (κ1) is 17.0. The lowest BCUT2D eigenvalue weighted by atomic mass is 10.00. The van der Waals surface area contributed by atoms with Gasteiger partial charge >= 0.3 is 0 Å². The molecule has 4 heteroatoms. The van der Waals surface area contributed by atoms with E-state index in [4.69, 9.17) is 0 Å². The van der Waals surface area contributed by atoms with E-state index in [1.807, 2.05) is 0 Å². The number of hydrogen-bond donors (Lipinski definition) is 1. The first-order valence-electron chi connectivity index (χ1n) is 7.45. The van der Waals surface area contributed by atoms with Crippen LogP contribution in [0.4, 0.5) is 0 Å². The van der Waals surface area contributed by atoms with Gasteiger partial charge in [-0.3, -0.25) is 0 Å². The summed E-state index contributed by atoms with van der Waals surface area (Å²) in [6.45, 7) is 12.5. The standard InChI is InChI=1S/C15H31NO2S/c1-7-10-16-12(9-8-11-19(6,17)18)13-14(2,3)15(13,4)5/h12-13,16H,7-11H2,1-6H3. The molecule has 1 fully saturated rings. The molecule has 1 unspecified atom stereocenters. The third-order valence-electron chi connectivity index (χ3n) is 5.22. The van der Waals surface area contributed by atoms with Crippen molar-refractivity contribution in [3.8, 4) is 0 Å². The Balaban J connectivity index is 2.59. The minimum absolute atomic E-state index is 0.310. The maximum absolute atomic E-state index is 11.2. The lowest BCUT2D eigenvalue weighted by Crippen LogP contribution is -2.34. The van der Waals surface area contributed by atoms with Crippen LogP contribution in [0.25, 0.3) is 0 Å². The van der Waals surface area contributed by atoms with Gasteiger partial charge in [0.25, 0.3) is 0 Å². The van der Waals surface area contributed by atoms with Crippen molar-refractivity contribution in [2.45, 2.75) is 59.9 Å². The van der Waals surface area contributed by atoms with E-state index in [2.05, 4.69) is 39.9 Å². The fourth-order valence-corrected chi connectivity index (χ4v) is 4.23. The Morgan fingerprint density at radius 3 is 2.05 bits per heavy atom. The lowest BCUT2D eigenvalue weighted by Gasteiger charge is -2.20. The van der Waals surface area contributed by atoms with E-state index in [0.717, 1.165) is 25.8 Å². The Bertz CT molecular complexity index is 384. The minimum Gasteiger partial charge on any atom is -0.314 e. The zero-order valence-electron chi connectivity index (χ0n) is 13.4. The fourth-order valence-electron chi connectivity index (χ4n) is 3.54. The summed E-state index contributed by atoms with van der Waals surface area (Å²) in [6.07, 6.45) is 4.18. The van der Waals surface area contributed by atoms with Gasteiger partial charge in [0.2, 0.25) is 0 Å². The molecule has 19 heavy (non-hydrogen) atoms. The summed E-state index contributed by atoms with van der Waals surface area (Å²) in [7, 11) is -2.83. The van der Waals surface area contributed by atoms with Crippen molar-refractivity contribution < 1.29 is 8.42 Å². The van der Waals surface area contributed by atoms with E-state index in [0.29, 0.717) is 28.5 Å². The monoisotopic (exact) mass is 289 g/mol. The van der Waals surface area contributed by atoms with Gasteiger partial charge in [0.15, 0.2) is 0 Å². The van der Waals surface area contributed by atoms with Crippen LogP contribution in [0, 0.1) is 16.7 Å². The molecule has 1 aliphatic carbocycles. The van der Waals surface area contributed by atoms with E-state index < -0.39 is 9.84 Å². The molecular formula is C15H31NO2S. The van der Waals surface area contributed by atoms with E-state index >= 15 is 0 Å². The Morgan fingerprint density at radius 1 is 1.16 bits per heavy atom. The Kier molecular flexibility index (Phi) is 5.11. The minimum atomic E-state index is -2.83. The Morgan fingerprint density at radius 2 is 1.68 bits per heavy atom. The summed E-state index contributed by atoms with van der Waals surface area (Å²) < 4.78 is 22.5. The molecule has 1 saturated carbocycles. The van der Waals surface area contributed by atoms with Crippen molar-refractivity contribution >= 4 is 9.84 Å². The van der Waals surface area contributed by atoms with Crippen LogP contribution in [0.15, 0.2) is 0 Å². The molecule has 1 N–H and O–H groups in total. The second kappa shape index (κ2) is 5.72. The summed E-state index contributed by atoms with van der Waals surface area (Å²) in [4.78, 5) is 0. The van der Waals surface area contributed by atoms with Gasteiger partial charge in [-0.15, -0.1) is 0 Å². The average Bonchev–Trinajstić information content (AvgIpc) is 2.62. The average molecular weight is 289 g/mol. The molecular weight excluding hydrogens is 258 g/mol. The van der Waals surface area contributed by atoms with Crippen LogP contribution in [0.2, 0.25) is 0 Å².